The molecular formula is C50H31NO. The van der Waals surface area contributed by atoms with Crippen LogP contribution in [0.5, 0.6) is 0 Å². The van der Waals surface area contributed by atoms with Crippen LogP contribution in [0.15, 0.2) is 192 Å². The summed E-state index contributed by atoms with van der Waals surface area (Å²) in [6.07, 6.45) is 0. The van der Waals surface area contributed by atoms with E-state index in [-0.39, 0.29) is 0 Å². The molecule has 0 aliphatic heterocycles. The smallest absolute Gasteiger partial charge is 0.136 e. The molecule has 0 saturated carbocycles. The molecule has 0 saturated heterocycles. The van der Waals surface area contributed by atoms with Crippen molar-refractivity contribution in [2.24, 2.45) is 0 Å². The maximum atomic E-state index is 6.35. The van der Waals surface area contributed by atoms with E-state index in [1.54, 1.807) is 0 Å². The molecule has 242 valence electrons. The van der Waals surface area contributed by atoms with Crippen molar-refractivity contribution in [3.05, 3.63) is 188 Å². The fraction of sp³-hybridized carbons (Fsp3) is 0. The Morgan fingerprint density at radius 3 is 1.54 bits per heavy atom. The predicted molar refractivity (Wildman–Crippen MR) is 221 cm³/mol. The first kappa shape index (κ1) is 28.9. The quantitative estimate of drug-likeness (QED) is 0.175. The average Bonchev–Trinajstić information content (AvgIpc) is 3.60. The van der Waals surface area contributed by atoms with Crippen LogP contribution in [0.1, 0.15) is 0 Å². The van der Waals surface area contributed by atoms with Crippen LogP contribution >= 0.6 is 0 Å². The molecule has 0 unspecified atom stereocenters. The maximum Gasteiger partial charge on any atom is 0.136 e. The van der Waals surface area contributed by atoms with Crippen molar-refractivity contribution in [2.75, 3.05) is 4.90 Å². The van der Waals surface area contributed by atoms with E-state index in [0.29, 0.717) is 0 Å². The third-order valence-corrected chi connectivity index (χ3v) is 10.8. The summed E-state index contributed by atoms with van der Waals surface area (Å²) in [5.41, 5.74) is 7.64. The zero-order valence-corrected chi connectivity index (χ0v) is 28.3. The Morgan fingerprint density at radius 2 is 0.827 bits per heavy atom. The van der Waals surface area contributed by atoms with Crippen molar-refractivity contribution in [1.29, 1.82) is 0 Å². The molecule has 0 radical (unpaired) electrons. The molecule has 0 spiro atoms. The summed E-state index contributed by atoms with van der Waals surface area (Å²) in [4.78, 5) is 2.41. The third-order valence-electron chi connectivity index (χ3n) is 10.8. The van der Waals surface area contributed by atoms with E-state index >= 15 is 0 Å². The van der Waals surface area contributed by atoms with Gasteiger partial charge in [-0.1, -0.05) is 140 Å². The second kappa shape index (κ2) is 11.3. The van der Waals surface area contributed by atoms with E-state index in [1.807, 2.05) is 6.07 Å². The SMILES string of the molecule is c1ccc2c(N(c3ccc(-c4ccc5c6ccccc6c6c(ccc7oc8ccccc8c76)c5c4)cc3)c3cccc4ccccc34)cccc2c1. The van der Waals surface area contributed by atoms with Crippen LogP contribution in [0, 0.1) is 0 Å². The van der Waals surface area contributed by atoms with Gasteiger partial charge in [-0.25, -0.2) is 0 Å². The first-order chi connectivity index (χ1) is 25.8. The van der Waals surface area contributed by atoms with Crippen LogP contribution in [0.25, 0.3) is 86.9 Å². The molecule has 2 nitrogen and oxygen atoms in total. The van der Waals surface area contributed by atoms with Crippen LogP contribution in [0.2, 0.25) is 0 Å². The number of furan rings is 1. The first-order valence-corrected chi connectivity index (χ1v) is 17.8. The standard InChI is InChI=1S/C50H31NO/c1-3-15-37-33(11-1)13-9-20-45(37)51(46-21-10-14-34-12-2-4-16-38(34)46)36-26-23-32(24-27-36)35-25-28-40-39-17-5-6-18-41(39)49-42(44(40)31-35)29-30-48-50(49)43-19-7-8-22-47(43)52-48/h1-31H. The van der Waals surface area contributed by atoms with Gasteiger partial charge in [0.25, 0.3) is 0 Å². The number of fused-ring (bicyclic) bond motifs is 12. The third kappa shape index (κ3) is 4.31. The number of para-hydroxylation sites is 1. The monoisotopic (exact) mass is 661 g/mol. The Hall–Kier alpha value is -6.90. The van der Waals surface area contributed by atoms with Crippen LogP contribution in [-0.4, -0.2) is 0 Å². The summed E-state index contributed by atoms with van der Waals surface area (Å²) in [5, 5.41) is 14.7. The summed E-state index contributed by atoms with van der Waals surface area (Å²) >= 11 is 0. The Labute approximate surface area is 300 Å². The van der Waals surface area contributed by atoms with Gasteiger partial charge >= 0.3 is 0 Å². The van der Waals surface area contributed by atoms with Gasteiger partial charge in [0, 0.05) is 32.6 Å². The fourth-order valence-electron chi connectivity index (χ4n) is 8.46. The fourth-order valence-corrected chi connectivity index (χ4v) is 8.46. The molecule has 1 aromatic heterocycles. The number of hydrogen-bond donors (Lipinski definition) is 0. The molecule has 0 aliphatic rings. The highest BCUT2D eigenvalue weighted by Gasteiger charge is 2.19. The maximum absolute atomic E-state index is 6.35. The average molecular weight is 662 g/mol. The highest BCUT2D eigenvalue weighted by molar-refractivity contribution is 6.34. The molecule has 10 aromatic carbocycles. The minimum atomic E-state index is 0.920. The lowest BCUT2D eigenvalue weighted by atomic mass is 9.90. The predicted octanol–water partition coefficient (Wildman–Crippen LogP) is 14.5. The highest BCUT2D eigenvalue weighted by atomic mass is 16.3. The summed E-state index contributed by atoms with van der Waals surface area (Å²) in [6.45, 7) is 0. The van der Waals surface area contributed by atoms with Gasteiger partial charge in [0.15, 0.2) is 0 Å². The van der Waals surface area contributed by atoms with E-state index in [1.165, 1.54) is 70.4 Å². The number of rotatable bonds is 4. The van der Waals surface area contributed by atoms with Crippen LogP contribution in [0.3, 0.4) is 0 Å². The normalized spacial score (nSPS) is 11.8. The van der Waals surface area contributed by atoms with E-state index in [4.69, 9.17) is 4.42 Å². The lowest BCUT2D eigenvalue weighted by molar-refractivity contribution is 0.669. The van der Waals surface area contributed by atoms with Crippen molar-refractivity contribution < 1.29 is 4.42 Å². The number of hydrogen-bond acceptors (Lipinski definition) is 2. The summed E-state index contributed by atoms with van der Waals surface area (Å²) in [5.74, 6) is 0. The molecule has 11 rings (SSSR count). The first-order valence-electron chi connectivity index (χ1n) is 17.8. The zero-order chi connectivity index (χ0) is 34.2. The van der Waals surface area contributed by atoms with Gasteiger partial charge in [-0.05, 0) is 97.4 Å². The van der Waals surface area contributed by atoms with Crippen molar-refractivity contribution in [3.8, 4) is 11.1 Å². The number of nitrogens with zero attached hydrogens (tertiary/aromatic N) is 1. The molecule has 0 aliphatic carbocycles. The van der Waals surface area contributed by atoms with Gasteiger partial charge in [0.05, 0.1) is 11.4 Å². The van der Waals surface area contributed by atoms with Crippen LogP contribution in [-0.2, 0) is 0 Å². The Balaban J connectivity index is 1.11. The Morgan fingerprint density at radius 1 is 0.308 bits per heavy atom. The van der Waals surface area contributed by atoms with Crippen molar-refractivity contribution in [3.63, 3.8) is 0 Å². The molecular weight excluding hydrogens is 631 g/mol. The molecule has 0 N–H and O–H groups in total. The molecule has 0 fully saturated rings. The summed E-state index contributed by atoms with van der Waals surface area (Å²) < 4.78 is 6.35. The number of benzene rings is 10. The van der Waals surface area contributed by atoms with Crippen LogP contribution in [0.4, 0.5) is 17.1 Å². The lowest BCUT2D eigenvalue weighted by Gasteiger charge is -2.28. The highest BCUT2D eigenvalue weighted by Crippen LogP contribution is 2.45. The van der Waals surface area contributed by atoms with E-state index in [0.717, 1.165) is 33.6 Å². The van der Waals surface area contributed by atoms with Gasteiger partial charge in [-0.3, -0.25) is 0 Å². The van der Waals surface area contributed by atoms with Gasteiger partial charge < -0.3 is 9.32 Å². The van der Waals surface area contributed by atoms with Crippen molar-refractivity contribution in [2.45, 2.75) is 0 Å². The van der Waals surface area contributed by atoms with Crippen molar-refractivity contribution in [1.82, 2.24) is 0 Å². The molecule has 0 bridgehead atoms. The second-order valence-corrected chi connectivity index (χ2v) is 13.6. The Kier molecular flexibility index (Phi) is 6.28. The minimum Gasteiger partial charge on any atom is -0.456 e. The zero-order valence-electron chi connectivity index (χ0n) is 28.3. The summed E-state index contributed by atoms with van der Waals surface area (Å²) in [6, 6.07) is 68.1. The van der Waals surface area contributed by atoms with Gasteiger partial charge in [0.2, 0.25) is 0 Å². The van der Waals surface area contributed by atoms with E-state index < -0.39 is 0 Å². The van der Waals surface area contributed by atoms with E-state index in [2.05, 4.69) is 187 Å². The van der Waals surface area contributed by atoms with Gasteiger partial charge in [-0.15, -0.1) is 0 Å². The molecule has 0 atom stereocenters. The van der Waals surface area contributed by atoms with Crippen molar-refractivity contribution >= 4 is 92.9 Å². The lowest BCUT2D eigenvalue weighted by Crippen LogP contribution is -2.11. The van der Waals surface area contributed by atoms with E-state index in [9.17, 15) is 0 Å². The molecule has 1 heterocycles. The summed E-state index contributed by atoms with van der Waals surface area (Å²) in [7, 11) is 0. The van der Waals surface area contributed by atoms with Crippen LogP contribution < -0.4 is 4.90 Å². The molecule has 0 amide bonds. The second-order valence-electron chi connectivity index (χ2n) is 13.6. The molecule has 2 heteroatoms. The van der Waals surface area contributed by atoms with Gasteiger partial charge in [0.1, 0.15) is 11.2 Å². The Bertz CT molecular complexity index is 3100. The topological polar surface area (TPSA) is 16.4 Å². The minimum absolute atomic E-state index is 0.920. The molecule has 52 heavy (non-hydrogen) atoms. The largest absolute Gasteiger partial charge is 0.456 e. The van der Waals surface area contributed by atoms with Gasteiger partial charge in [-0.2, -0.15) is 0 Å². The molecule has 11 aromatic rings. The number of anilines is 3.